The minimum atomic E-state index is -0.351. The van der Waals surface area contributed by atoms with Gasteiger partial charge in [0, 0.05) is 54.5 Å². The van der Waals surface area contributed by atoms with E-state index < -0.39 is 0 Å². The molecule has 140 valence electrons. The average Bonchev–Trinajstić information content (AvgIpc) is 3.26. The lowest BCUT2D eigenvalue weighted by Crippen LogP contribution is -2.32. The van der Waals surface area contributed by atoms with Gasteiger partial charge in [0.05, 0.1) is 11.1 Å². The van der Waals surface area contributed by atoms with Crippen LogP contribution in [0.25, 0.3) is 10.9 Å². The smallest absolute Gasteiger partial charge is 0.252 e. The first-order valence-corrected chi connectivity index (χ1v) is 9.35. The van der Waals surface area contributed by atoms with Crippen LogP contribution in [0.1, 0.15) is 41.6 Å². The van der Waals surface area contributed by atoms with E-state index in [9.17, 15) is 9.18 Å². The second-order valence-corrected chi connectivity index (χ2v) is 7.48. The Morgan fingerprint density at radius 3 is 2.89 bits per heavy atom. The summed E-state index contributed by atoms with van der Waals surface area (Å²) in [6, 6.07) is 6.12. The number of hydrogen-bond acceptors (Lipinski definition) is 3. The molecular weight excluding hydrogens is 343 g/mol. The third-order valence-electron chi connectivity index (χ3n) is 5.35. The molecule has 1 amide bonds. The molecule has 6 heteroatoms. The molecule has 3 aromatic rings. The van der Waals surface area contributed by atoms with Crippen molar-refractivity contribution in [1.82, 2.24) is 19.9 Å². The van der Waals surface area contributed by atoms with E-state index in [1.807, 2.05) is 19.3 Å². The Labute approximate surface area is 157 Å². The predicted molar refractivity (Wildman–Crippen MR) is 102 cm³/mol. The van der Waals surface area contributed by atoms with Crippen LogP contribution >= 0.6 is 0 Å². The van der Waals surface area contributed by atoms with Crippen LogP contribution in [0.2, 0.25) is 0 Å². The fourth-order valence-electron chi connectivity index (χ4n) is 3.61. The van der Waals surface area contributed by atoms with Gasteiger partial charge in [-0.1, -0.05) is 6.92 Å². The van der Waals surface area contributed by atoms with Crippen molar-refractivity contribution in [1.29, 1.82) is 0 Å². The molecule has 27 heavy (non-hydrogen) atoms. The predicted octanol–water partition coefficient (Wildman–Crippen LogP) is 3.65. The number of amides is 1. The number of carbonyl (C=O) groups is 1. The van der Waals surface area contributed by atoms with E-state index in [0.29, 0.717) is 28.7 Å². The summed E-state index contributed by atoms with van der Waals surface area (Å²) in [4.78, 5) is 21.6. The summed E-state index contributed by atoms with van der Waals surface area (Å²) in [5.41, 5.74) is 1.85. The van der Waals surface area contributed by atoms with Crippen LogP contribution in [-0.2, 0) is 13.0 Å². The number of hydrogen-bond donors (Lipinski definition) is 1. The van der Waals surface area contributed by atoms with Crippen molar-refractivity contribution in [2.75, 3.05) is 6.54 Å². The van der Waals surface area contributed by atoms with Crippen LogP contribution in [0.5, 0.6) is 0 Å². The molecule has 0 atom stereocenters. The number of halogens is 1. The zero-order chi connectivity index (χ0) is 19.0. The fourth-order valence-corrected chi connectivity index (χ4v) is 3.61. The van der Waals surface area contributed by atoms with E-state index in [1.165, 1.54) is 12.1 Å². The zero-order valence-electron chi connectivity index (χ0n) is 15.6. The Morgan fingerprint density at radius 1 is 1.33 bits per heavy atom. The average molecular weight is 366 g/mol. The summed E-state index contributed by atoms with van der Waals surface area (Å²) in [7, 11) is 0. The summed E-state index contributed by atoms with van der Waals surface area (Å²) in [5, 5.41) is 3.76. The van der Waals surface area contributed by atoms with Gasteiger partial charge in [0.25, 0.3) is 5.91 Å². The highest BCUT2D eigenvalue weighted by Gasteiger charge is 2.43. The maximum Gasteiger partial charge on any atom is 0.252 e. The van der Waals surface area contributed by atoms with E-state index in [0.717, 1.165) is 31.6 Å². The van der Waals surface area contributed by atoms with Gasteiger partial charge in [-0.25, -0.2) is 9.37 Å². The maximum atomic E-state index is 13.5. The van der Waals surface area contributed by atoms with E-state index in [4.69, 9.17) is 0 Å². The minimum absolute atomic E-state index is 0.101. The Kier molecular flexibility index (Phi) is 4.42. The normalized spacial score (nSPS) is 15.1. The Hall–Kier alpha value is -2.76. The topological polar surface area (TPSA) is 59.8 Å². The second-order valence-electron chi connectivity index (χ2n) is 7.48. The third kappa shape index (κ3) is 3.56. The molecule has 2 heterocycles. The van der Waals surface area contributed by atoms with Crippen LogP contribution in [-0.4, -0.2) is 27.0 Å². The summed E-state index contributed by atoms with van der Waals surface area (Å²) in [6.45, 7) is 5.41. The molecule has 1 aliphatic carbocycles. The van der Waals surface area contributed by atoms with Crippen LogP contribution in [0.4, 0.5) is 4.39 Å². The van der Waals surface area contributed by atoms with E-state index in [2.05, 4.69) is 26.8 Å². The lowest BCUT2D eigenvalue weighted by Gasteiger charge is -2.18. The Morgan fingerprint density at radius 2 is 2.15 bits per heavy atom. The lowest BCUT2D eigenvalue weighted by atomic mass is 10.0. The monoisotopic (exact) mass is 366 g/mol. The largest absolute Gasteiger partial charge is 0.351 e. The molecule has 1 N–H and O–H groups in total. The highest BCUT2D eigenvalue weighted by molar-refractivity contribution is 6.06. The summed E-state index contributed by atoms with van der Waals surface area (Å²) in [5.74, 6) is 0.589. The minimum Gasteiger partial charge on any atom is -0.351 e. The first-order valence-electron chi connectivity index (χ1n) is 9.35. The third-order valence-corrected chi connectivity index (χ3v) is 5.35. The van der Waals surface area contributed by atoms with Gasteiger partial charge < -0.3 is 9.88 Å². The Balaban J connectivity index is 1.51. The summed E-state index contributed by atoms with van der Waals surface area (Å²) in [6.07, 6.45) is 6.92. The molecule has 5 nitrogen and oxygen atoms in total. The molecule has 2 aromatic heterocycles. The zero-order valence-corrected chi connectivity index (χ0v) is 15.6. The van der Waals surface area contributed by atoms with Gasteiger partial charge in [-0.15, -0.1) is 0 Å². The standard InChI is InChI=1S/C21H23FN4O/c1-3-19-23-8-9-26(19)13-21(6-7-21)12-24-20(27)17-10-14(2)25-18-11-15(22)4-5-16(17)18/h4-5,8-11H,3,6-7,12-13H2,1-2H3,(H,24,27). The molecule has 1 fully saturated rings. The lowest BCUT2D eigenvalue weighted by molar-refractivity contribution is 0.0944. The van der Waals surface area contributed by atoms with Crippen molar-refractivity contribution in [2.45, 2.75) is 39.7 Å². The number of aryl methyl sites for hydroxylation is 2. The molecular formula is C21H23FN4O. The molecule has 0 unspecified atom stereocenters. The summed E-state index contributed by atoms with van der Waals surface area (Å²) >= 11 is 0. The maximum absolute atomic E-state index is 13.5. The van der Waals surface area contributed by atoms with Crippen molar-refractivity contribution in [2.24, 2.45) is 5.41 Å². The molecule has 4 rings (SSSR count). The number of benzene rings is 1. The number of nitrogens with zero attached hydrogens (tertiary/aromatic N) is 3. The molecule has 0 bridgehead atoms. The number of rotatable bonds is 6. The summed E-state index contributed by atoms with van der Waals surface area (Å²) < 4.78 is 15.7. The van der Waals surface area contributed by atoms with Crippen molar-refractivity contribution >= 4 is 16.8 Å². The van der Waals surface area contributed by atoms with Crippen molar-refractivity contribution in [3.05, 3.63) is 59.6 Å². The SMILES string of the molecule is CCc1nccn1CC1(CNC(=O)c2cc(C)nc3cc(F)ccc23)CC1. The highest BCUT2D eigenvalue weighted by atomic mass is 19.1. The number of carbonyl (C=O) groups excluding carboxylic acids is 1. The van der Waals surface area contributed by atoms with Crippen molar-refractivity contribution in [3.63, 3.8) is 0 Å². The van der Waals surface area contributed by atoms with Gasteiger partial charge in [-0.2, -0.15) is 0 Å². The van der Waals surface area contributed by atoms with Crippen LogP contribution in [0, 0.1) is 18.2 Å². The molecule has 0 aliphatic heterocycles. The van der Waals surface area contributed by atoms with E-state index >= 15 is 0 Å². The number of nitrogens with one attached hydrogen (secondary N) is 1. The molecule has 1 aliphatic rings. The second kappa shape index (κ2) is 6.76. The van der Waals surface area contributed by atoms with Crippen molar-refractivity contribution < 1.29 is 9.18 Å². The quantitative estimate of drug-likeness (QED) is 0.724. The van der Waals surface area contributed by atoms with Crippen LogP contribution < -0.4 is 5.32 Å². The highest BCUT2D eigenvalue weighted by Crippen LogP contribution is 2.46. The van der Waals surface area contributed by atoms with Crippen molar-refractivity contribution in [3.8, 4) is 0 Å². The molecule has 0 radical (unpaired) electrons. The number of imidazole rings is 1. The first-order chi connectivity index (χ1) is 13.0. The molecule has 1 saturated carbocycles. The van der Waals surface area contributed by atoms with Crippen LogP contribution in [0.15, 0.2) is 36.7 Å². The van der Waals surface area contributed by atoms with Gasteiger partial charge in [0.2, 0.25) is 0 Å². The Bertz CT molecular complexity index is 1000. The van der Waals surface area contributed by atoms with Crippen LogP contribution in [0.3, 0.4) is 0 Å². The fraction of sp³-hybridized carbons (Fsp3) is 0.381. The van der Waals surface area contributed by atoms with Gasteiger partial charge >= 0.3 is 0 Å². The molecule has 0 saturated heterocycles. The molecule has 1 aromatic carbocycles. The number of fused-ring (bicyclic) bond motifs is 1. The number of pyridine rings is 1. The van der Waals surface area contributed by atoms with E-state index in [-0.39, 0.29) is 17.1 Å². The van der Waals surface area contributed by atoms with Gasteiger partial charge in [-0.3, -0.25) is 9.78 Å². The first kappa shape index (κ1) is 17.6. The van der Waals surface area contributed by atoms with Gasteiger partial charge in [0.1, 0.15) is 11.6 Å². The van der Waals surface area contributed by atoms with Gasteiger partial charge in [0.15, 0.2) is 0 Å². The molecule has 0 spiro atoms. The van der Waals surface area contributed by atoms with E-state index in [1.54, 1.807) is 12.1 Å². The number of aromatic nitrogens is 3. The van der Waals surface area contributed by atoms with Gasteiger partial charge in [-0.05, 0) is 38.0 Å².